The van der Waals surface area contributed by atoms with Gasteiger partial charge in [0, 0.05) is 30.2 Å². The zero-order valence-corrected chi connectivity index (χ0v) is 11.4. The van der Waals surface area contributed by atoms with Crippen molar-refractivity contribution in [3.8, 4) is 0 Å². The smallest absolute Gasteiger partial charge is 0.259 e. The van der Waals surface area contributed by atoms with Crippen LogP contribution in [0.4, 0.5) is 17.2 Å². The summed E-state index contributed by atoms with van der Waals surface area (Å²) in [4.78, 5) is 27.3. The first kappa shape index (κ1) is 13.1. The van der Waals surface area contributed by atoms with E-state index in [4.69, 9.17) is 0 Å². The standard InChI is InChI=1S/C15H14N4O2/c1-2-16-13-8-10(5-6-17-13)18-9-3-4-11-12(7-9)15(21)19-14(11)20/h3-8H,2H2,1H3,(H2,16,17,18)(H,19,20,21). The predicted molar refractivity (Wildman–Crippen MR) is 79.9 cm³/mol. The number of carbonyl (C=O) groups is 2. The molecule has 1 aromatic heterocycles. The fourth-order valence-electron chi connectivity index (χ4n) is 2.20. The molecule has 0 radical (unpaired) electrons. The van der Waals surface area contributed by atoms with E-state index in [2.05, 4.69) is 20.9 Å². The average Bonchev–Trinajstić information content (AvgIpc) is 2.74. The highest BCUT2D eigenvalue weighted by molar-refractivity contribution is 6.21. The summed E-state index contributed by atoms with van der Waals surface area (Å²) in [5.41, 5.74) is 2.40. The Morgan fingerprint density at radius 2 is 1.81 bits per heavy atom. The molecule has 0 atom stereocenters. The summed E-state index contributed by atoms with van der Waals surface area (Å²) in [6.45, 7) is 2.79. The Balaban J connectivity index is 1.86. The number of nitrogens with zero attached hydrogens (tertiary/aromatic N) is 1. The van der Waals surface area contributed by atoms with Gasteiger partial charge in [0.1, 0.15) is 5.82 Å². The Kier molecular flexibility index (Phi) is 3.27. The second kappa shape index (κ2) is 5.24. The van der Waals surface area contributed by atoms with E-state index in [1.165, 1.54) is 0 Å². The van der Waals surface area contributed by atoms with E-state index in [9.17, 15) is 9.59 Å². The van der Waals surface area contributed by atoms with Gasteiger partial charge in [0.15, 0.2) is 0 Å². The van der Waals surface area contributed by atoms with Gasteiger partial charge in [-0.2, -0.15) is 0 Å². The van der Waals surface area contributed by atoms with Crippen LogP contribution in [0.5, 0.6) is 0 Å². The summed E-state index contributed by atoms with van der Waals surface area (Å²) in [7, 11) is 0. The lowest BCUT2D eigenvalue weighted by molar-refractivity contribution is 0.0879. The molecule has 0 aliphatic carbocycles. The highest BCUT2D eigenvalue weighted by Crippen LogP contribution is 2.23. The number of rotatable bonds is 4. The van der Waals surface area contributed by atoms with Gasteiger partial charge in [-0.25, -0.2) is 4.98 Å². The van der Waals surface area contributed by atoms with Crippen LogP contribution in [-0.4, -0.2) is 23.3 Å². The van der Waals surface area contributed by atoms with Crippen LogP contribution >= 0.6 is 0 Å². The molecule has 0 saturated heterocycles. The third-order valence-corrected chi connectivity index (χ3v) is 3.14. The van der Waals surface area contributed by atoms with E-state index in [1.807, 2.05) is 19.1 Å². The minimum atomic E-state index is -0.360. The fraction of sp³-hybridized carbons (Fsp3) is 0.133. The first-order valence-electron chi connectivity index (χ1n) is 6.64. The van der Waals surface area contributed by atoms with Crippen LogP contribution < -0.4 is 16.0 Å². The molecule has 2 amide bonds. The molecule has 2 heterocycles. The fourth-order valence-corrected chi connectivity index (χ4v) is 2.20. The molecule has 6 heteroatoms. The van der Waals surface area contributed by atoms with Crippen LogP contribution in [0.1, 0.15) is 27.6 Å². The third kappa shape index (κ3) is 2.55. The second-order valence-corrected chi connectivity index (χ2v) is 4.63. The van der Waals surface area contributed by atoms with Gasteiger partial charge in [0.05, 0.1) is 11.1 Å². The summed E-state index contributed by atoms with van der Waals surface area (Å²) in [6.07, 6.45) is 1.70. The van der Waals surface area contributed by atoms with Gasteiger partial charge in [-0.1, -0.05) is 0 Å². The highest BCUT2D eigenvalue weighted by Gasteiger charge is 2.26. The summed E-state index contributed by atoms with van der Waals surface area (Å²) >= 11 is 0. The second-order valence-electron chi connectivity index (χ2n) is 4.63. The number of hydrogen-bond donors (Lipinski definition) is 3. The molecule has 0 saturated carbocycles. The van der Waals surface area contributed by atoms with E-state index >= 15 is 0 Å². The van der Waals surface area contributed by atoms with E-state index in [-0.39, 0.29) is 11.8 Å². The van der Waals surface area contributed by atoms with Gasteiger partial charge in [-0.05, 0) is 31.2 Å². The number of carbonyl (C=O) groups excluding carboxylic acids is 2. The van der Waals surface area contributed by atoms with Crippen molar-refractivity contribution in [2.75, 3.05) is 17.2 Å². The molecule has 3 N–H and O–H groups in total. The predicted octanol–water partition coefficient (Wildman–Crippen LogP) is 2.14. The highest BCUT2D eigenvalue weighted by atomic mass is 16.2. The number of amides is 2. The van der Waals surface area contributed by atoms with Crippen molar-refractivity contribution in [2.24, 2.45) is 0 Å². The van der Waals surface area contributed by atoms with Crippen LogP contribution in [0, 0.1) is 0 Å². The van der Waals surface area contributed by atoms with E-state index in [0.29, 0.717) is 11.1 Å². The van der Waals surface area contributed by atoms with Crippen LogP contribution in [0.3, 0.4) is 0 Å². The van der Waals surface area contributed by atoms with Gasteiger partial charge < -0.3 is 10.6 Å². The SMILES string of the molecule is CCNc1cc(Nc2ccc3c(c2)C(=O)NC3=O)ccn1. The number of benzene rings is 1. The normalized spacial score (nSPS) is 12.8. The Bertz CT molecular complexity index is 727. The van der Waals surface area contributed by atoms with E-state index in [0.717, 1.165) is 23.7 Å². The van der Waals surface area contributed by atoms with Crippen molar-refractivity contribution in [3.05, 3.63) is 47.7 Å². The monoisotopic (exact) mass is 282 g/mol. The van der Waals surface area contributed by atoms with E-state index in [1.54, 1.807) is 24.4 Å². The largest absolute Gasteiger partial charge is 0.370 e. The quantitative estimate of drug-likeness (QED) is 0.748. The Morgan fingerprint density at radius 1 is 1.05 bits per heavy atom. The van der Waals surface area contributed by atoms with Crippen molar-refractivity contribution >= 4 is 29.0 Å². The number of imide groups is 1. The molecule has 1 aliphatic rings. The Hall–Kier alpha value is -2.89. The molecule has 6 nitrogen and oxygen atoms in total. The zero-order valence-electron chi connectivity index (χ0n) is 11.4. The maximum atomic E-state index is 11.6. The minimum absolute atomic E-state index is 0.347. The number of pyridine rings is 1. The molecule has 1 aromatic carbocycles. The van der Waals surface area contributed by atoms with Crippen LogP contribution in [0.25, 0.3) is 0 Å². The van der Waals surface area contributed by atoms with Gasteiger partial charge in [0.25, 0.3) is 11.8 Å². The molecule has 0 unspecified atom stereocenters. The first-order chi connectivity index (χ1) is 10.2. The number of nitrogens with one attached hydrogen (secondary N) is 3. The molecule has 106 valence electrons. The van der Waals surface area contributed by atoms with Crippen LogP contribution in [0.2, 0.25) is 0 Å². The number of fused-ring (bicyclic) bond motifs is 1. The summed E-state index contributed by atoms with van der Waals surface area (Å²) in [5.74, 6) is 0.0678. The van der Waals surface area contributed by atoms with Gasteiger partial charge >= 0.3 is 0 Å². The zero-order chi connectivity index (χ0) is 14.8. The van der Waals surface area contributed by atoms with Gasteiger partial charge in [-0.15, -0.1) is 0 Å². The molecule has 1 aliphatic heterocycles. The number of anilines is 3. The molecule has 21 heavy (non-hydrogen) atoms. The Labute approximate surface area is 121 Å². The summed E-state index contributed by atoms with van der Waals surface area (Å²) in [5, 5.41) is 8.60. The van der Waals surface area contributed by atoms with Crippen molar-refractivity contribution in [2.45, 2.75) is 6.92 Å². The first-order valence-corrected chi connectivity index (χ1v) is 6.64. The maximum absolute atomic E-state index is 11.6. The molecule has 3 rings (SSSR count). The summed E-state index contributed by atoms with van der Waals surface area (Å²) in [6, 6.07) is 8.79. The lowest BCUT2D eigenvalue weighted by Crippen LogP contribution is -2.19. The molecular weight excluding hydrogens is 268 g/mol. The van der Waals surface area contributed by atoms with Gasteiger partial charge in [0.2, 0.25) is 0 Å². The van der Waals surface area contributed by atoms with Crippen LogP contribution in [0.15, 0.2) is 36.5 Å². The summed E-state index contributed by atoms with van der Waals surface area (Å²) < 4.78 is 0. The average molecular weight is 282 g/mol. The molecule has 0 bridgehead atoms. The third-order valence-electron chi connectivity index (χ3n) is 3.14. The van der Waals surface area contributed by atoms with Crippen molar-refractivity contribution in [3.63, 3.8) is 0 Å². The molecular formula is C15H14N4O2. The molecule has 0 fully saturated rings. The van der Waals surface area contributed by atoms with Crippen molar-refractivity contribution in [1.29, 1.82) is 0 Å². The Morgan fingerprint density at radius 3 is 2.62 bits per heavy atom. The number of hydrogen-bond acceptors (Lipinski definition) is 5. The topological polar surface area (TPSA) is 83.1 Å². The van der Waals surface area contributed by atoms with Gasteiger partial charge in [-0.3, -0.25) is 14.9 Å². The van der Waals surface area contributed by atoms with Crippen LogP contribution in [-0.2, 0) is 0 Å². The lowest BCUT2D eigenvalue weighted by Gasteiger charge is -2.09. The number of aromatic nitrogens is 1. The lowest BCUT2D eigenvalue weighted by atomic mass is 10.1. The minimum Gasteiger partial charge on any atom is -0.370 e. The molecule has 2 aromatic rings. The maximum Gasteiger partial charge on any atom is 0.259 e. The van der Waals surface area contributed by atoms with Crippen molar-refractivity contribution in [1.82, 2.24) is 10.3 Å². The molecule has 0 spiro atoms. The van der Waals surface area contributed by atoms with Crippen molar-refractivity contribution < 1.29 is 9.59 Å². The van der Waals surface area contributed by atoms with E-state index < -0.39 is 0 Å².